The highest BCUT2D eigenvalue weighted by Crippen LogP contribution is 1.99. The van der Waals surface area contributed by atoms with Crippen LogP contribution in [0, 0.1) is 0 Å². The molecule has 2 heteroatoms. The molecule has 0 aliphatic rings. The average Bonchev–Trinajstić information content (AvgIpc) is 1.63. The van der Waals surface area contributed by atoms with Gasteiger partial charge >= 0.3 is 0 Å². The van der Waals surface area contributed by atoms with Crippen LogP contribution in [0.1, 0.15) is 20.3 Å². The summed E-state index contributed by atoms with van der Waals surface area (Å²) in [5, 5.41) is 0. The highest BCUT2D eigenvalue weighted by atomic mass is 15.1. The van der Waals surface area contributed by atoms with Crippen molar-refractivity contribution in [1.29, 1.82) is 0 Å². The van der Waals surface area contributed by atoms with Crippen molar-refractivity contribution in [2.24, 2.45) is 5.73 Å². The summed E-state index contributed by atoms with van der Waals surface area (Å²) < 4.78 is 0. The predicted octanol–water partition coefficient (Wildman–Crippen LogP) is 0.674. The molecule has 0 aromatic carbocycles. The maximum atomic E-state index is 5.60. The van der Waals surface area contributed by atoms with E-state index in [0.29, 0.717) is 12.1 Å². The summed E-state index contributed by atoms with van der Waals surface area (Å²) in [6.45, 7) is 4.23. The summed E-state index contributed by atoms with van der Waals surface area (Å²) >= 11 is 0. The Labute approximate surface area is 58.0 Å². The summed E-state index contributed by atoms with van der Waals surface area (Å²) in [5.41, 5.74) is 5.60. The van der Waals surface area contributed by atoms with Gasteiger partial charge in [-0.15, -0.1) is 0 Å². The number of nitrogens with zero attached hydrogens (tertiary/aromatic N) is 1. The number of nitrogens with two attached hydrogens (primary N) is 1. The van der Waals surface area contributed by atoms with Crippen molar-refractivity contribution >= 4 is 0 Å². The Morgan fingerprint density at radius 2 is 1.78 bits per heavy atom. The quantitative estimate of drug-likeness (QED) is 0.608. The van der Waals surface area contributed by atoms with Gasteiger partial charge in [0.25, 0.3) is 0 Å². The lowest BCUT2D eigenvalue weighted by Crippen LogP contribution is -2.31. The van der Waals surface area contributed by atoms with Crippen molar-refractivity contribution in [3.05, 3.63) is 0 Å². The molecule has 0 saturated heterocycles. The van der Waals surface area contributed by atoms with Gasteiger partial charge in [0.15, 0.2) is 0 Å². The van der Waals surface area contributed by atoms with Gasteiger partial charge in [-0.2, -0.15) is 0 Å². The van der Waals surface area contributed by atoms with E-state index in [1.54, 1.807) is 0 Å². The molecule has 0 saturated carbocycles. The van der Waals surface area contributed by atoms with E-state index in [-0.39, 0.29) is 0 Å². The van der Waals surface area contributed by atoms with Crippen LogP contribution in [0.4, 0.5) is 0 Å². The molecular weight excluding hydrogens is 112 g/mol. The topological polar surface area (TPSA) is 29.3 Å². The van der Waals surface area contributed by atoms with Crippen LogP contribution in [0.3, 0.4) is 0 Å². The second-order valence-electron chi connectivity index (χ2n) is 3.03. The monoisotopic (exact) mass is 130 g/mol. The third-order valence-corrected chi connectivity index (χ3v) is 1.59. The Hall–Kier alpha value is -0.0800. The first-order valence-electron chi connectivity index (χ1n) is 3.46. The van der Waals surface area contributed by atoms with Crippen molar-refractivity contribution < 1.29 is 0 Å². The van der Waals surface area contributed by atoms with E-state index in [4.69, 9.17) is 5.73 Å². The van der Waals surface area contributed by atoms with E-state index in [1.165, 1.54) is 0 Å². The number of rotatable bonds is 3. The van der Waals surface area contributed by atoms with Gasteiger partial charge in [-0.25, -0.2) is 0 Å². The first kappa shape index (κ1) is 8.92. The second-order valence-corrected chi connectivity index (χ2v) is 3.03. The third-order valence-electron chi connectivity index (χ3n) is 1.59. The molecular formula is C7H18N2. The van der Waals surface area contributed by atoms with Gasteiger partial charge in [0.1, 0.15) is 0 Å². The van der Waals surface area contributed by atoms with Crippen LogP contribution >= 0.6 is 0 Å². The summed E-state index contributed by atoms with van der Waals surface area (Å²) in [6, 6.07) is 0.924. The SMILES string of the molecule is CC(N)CC(C)N(C)C. The zero-order valence-electron chi connectivity index (χ0n) is 6.89. The molecule has 0 aromatic heterocycles. The second kappa shape index (κ2) is 3.85. The van der Waals surface area contributed by atoms with E-state index in [9.17, 15) is 0 Å². The predicted molar refractivity (Wildman–Crippen MR) is 41.4 cm³/mol. The van der Waals surface area contributed by atoms with Crippen LogP contribution in [0.5, 0.6) is 0 Å². The smallest absolute Gasteiger partial charge is 0.00754 e. The Bertz CT molecular complexity index is 69.3. The lowest BCUT2D eigenvalue weighted by molar-refractivity contribution is 0.287. The maximum absolute atomic E-state index is 5.60. The maximum Gasteiger partial charge on any atom is 0.00754 e. The van der Waals surface area contributed by atoms with Crippen LogP contribution in [0.15, 0.2) is 0 Å². The Kier molecular flexibility index (Phi) is 3.82. The standard InChI is InChI=1S/C7H18N2/c1-6(8)5-7(2)9(3)4/h6-7H,5,8H2,1-4H3. The molecule has 0 radical (unpaired) electrons. The molecule has 0 bridgehead atoms. The molecule has 0 rings (SSSR count). The van der Waals surface area contributed by atoms with Crippen molar-refractivity contribution in [2.75, 3.05) is 14.1 Å². The van der Waals surface area contributed by atoms with Crippen molar-refractivity contribution in [3.63, 3.8) is 0 Å². The van der Waals surface area contributed by atoms with Gasteiger partial charge in [0.05, 0.1) is 0 Å². The first-order chi connectivity index (χ1) is 4.04. The van der Waals surface area contributed by atoms with Gasteiger partial charge in [-0.3, -0.25) is 0 Å². The van der Waals surface area contributed by atoms with Crippen molar-refractivity contribution in [3.8, 4) is 0 Å². The van der Waals surface area contributed by atoms with E-state index < -0.39 is 0 Å². The molecule has 2 nitrogen and oxygen atoms in total. The van der Waals surface area contributed by atoms with E-state index in [2.05, 4.69) is 25.9 Å². The minimum Gasteiger partial charge on any atom is -0.328 e. The Morgan fingerprint density at radius 1 is 1.33 bits per heavy atom. The fourth-order valence-corrected chi connectivity index (χ4v) is 0.749. The number of hydrogen-bond donors (Lipinski definition) is 1. The fourth-order valence-electron chi connectivity index (χ4n) is 0.749. The van der Waals surface area contributed by atoms with Crippen LogP contribution in [-0.2, 0) is 0 Å². The Morgan fingerprint density at radius 3 is 1.89 bits per heavy atom. The average molecular weight is 130 g/mol. The van der Waals surface area contributed by atoms with Crippen LogP contribution in [0.25, 0.3) is 0 Å². The first-order valence-corrected chi connectivity index (χ1v) is 3.46. The molecule has 9 heavy (non-hydrogen) atoms. The van der Waals surface area contributed by atoms with E-state index in [1.807, 2.05) is 6.92 Å². The molecule has 0 fully saturated rings. The normalized spacial score (nSPS) is 18.0. The Balaban J connectivity index is 3.38. The molecule has 56 valence electrons. The van der Waals surface area contributed by atoms with Gasteiger partial charge in [-0.05, 0) is 34.4 Å². The minimum atomic E-state index is 0.322. The van der Waals surface area contributed by atoms with Gasteiger partial charge < -0.3 is 10.6 Å². The zero-order chi connectivity index (χ0) is 7.44. The largest absolute Gasteiger partial charge is 0.328 e. The van der Waals surface area contributed by atoms with Crippen LogP contribution < -0.4 is 5.73 Å². The summed E-state index contributed by atoms with van der Waals surface area (Å²) in [7, 11) is 4.15. The van der Waals surface area contributed by atoms with Crippen molar-refractivity contribution in [2.45, 2.75) is 32.4 Å². The van der Waals surface area contributed by atoms with Crippen LogP contribution in [0.2, 0.25) is 0 Å². The molecule has 0 spiro atoms. The summed E-state index contributed by atoms with van der Waals surface area (Å²) in [4.78, 5) is 2.18. The van der Waals surface area contributed by atoms with Crippen molar-refractivity contribution in [1.82, 2.24) is 4.90 Å². The lowest BCUT2D eigenvalue weighted by atomic mass is 10.1. The molecule has 2 atom stereocenters. The molecule has 0 amide bonds. The summed E-state index contributed by atoms with van der Waals surface area (Å²) in [6.07, 6.45) is 1.08. The molecule has 0 aliphatic carbocycles. The van der Waals surface area contributed by atoms with Gasteiger partial charge in [0.2, 0.25) is 0 Å². The molecule has 2 N–H and O–H groups in total. The highest BCUT2D eigenvalue weighted by Gasteiger charge is 2.05. The van der Waals surface area contributed by atoms with E-state index >= 15 is 0 Å². The van der Waals surface area contributed by atoms with Gasteiger partial charge in [0, 0.05) is 12.1 Å². The summed E-state index contributed by atoms with van der Waals surface area (Å²) in [5.74, 6) is 0. The highest BCUT2D eigenvalue weighted by molar-refractivity contribution is 4.64. The molecule has 0 aromatic rings. The number of hydrogen-bond acceptors (Lipinski definition) is 2. The van der Waals surface area contributed by atoms with Crippen LogP contribution in [-0.4, -0.2) is 31.1 Å². The minimum absolute atomic E-state index is 0.322. The fraction of sp³-hybridized carbons (Fsp3) is 1.00. The van der Waals surface area contributed by atoms with E-state index in [0.717, 1.165) is 6.42 Å². The third kappa shape index (κ3) is 4.43. The molecule has 2 unspecified atom stereocenters. The molecule has 0 aliphatic heterocycles. The van der Waals surface area contributed by atoms with Gasteiger partial charge in [-0.1, -0.05) is 0 Å². The zero-order valence-corrected chi connectivity index (χ0v) is 6.89. The molecule has 0 heterocycles. The lowest BCUT2D eigenvalue weighted by Gasteiger charge is -2.20.